The zero-order valence-corrected chi connectivity index (χ0v) is 46.5. The van der Waals surface area contributed by atoms with Gasteiger partial charge in [-0.2, -0.15) is 5.54 Å². The standard InChI is InChI=1S/C69H61Si.3ClH.Ti/c1-7-21-52(22-8-1)35-58-41-59(36-53-23-9-2-10-24-53)45-66(44-58)70(69-50-64-33-19-20-34-65(64)51-69,67-46-60(37-54-25-11-3-12-26-54)42-61(47-67)38-55-27-13-4-14-28-55)68-48-62(39-56-29-15-5-16-30-56)43-63(49-68)40-57-31-17-6-18-32-57;;;;/h1-34,41-50,64-65,69H,35-40,51H2;3*1H;/q-1;;;;+4/p-3. The molecule has 3 unspecified atom stereocenters. The van der Waals surface area contributed by atoms with Gasteiger partial charge in [0.15, 0.2) is 0 Å². The first-order chi connectivity index (χ1) is 34.6. The molecule has 0 heterocycles. The van der Waals surface area contributed by atoms with Crippen molar-refractivity contribution in [2.75, 3.05) is 0 Å². The predicted octanol–water partition coefficient (Wildman–Crippen LogP) is 5.05. The van der Waals surface area contributed by atoms with E-state index in [1.807, 2.05) is 0 Å². The van der Waals surface area contributed by atoms with Crippen molar-refractivity contribution in [2.45, 2.75) is 50.5 Å². The topological polar surface area (TPSA) is 0 Å². The van der Waals surface area contributed by atoms with Gasteiger partial charge in [-0.05, 0) is 111 Å². The molecule has 0 saturated heterocycles. The molecule has 2 aliphatic rings. The molecule has 1 fully saturated rings. The summed E-state index contributed by atoms with van der Waals surface area (Å²) in [4.78, 5) is 0. The van der Waals surface area contributed by atoms with Gasteiger partial charge in [0.1, 0.15) is 8.07 Å². The first kappa shape index (κ1) is 56.0. The van der Waals surface area contributed by atoms with Crippen molar-refractivity contribution in [3.63, 3.8) is 0 Å². The van der Waals surface area contributed by atoms with Crippen molar-refractivity contribution in [1.29, 1.82) is 0 Å². The van der Waals surface area contributed by atoms with E-state index in [9.17, 15) is 0 Å². The van der Waals surface area contributed by atoms with E-state index in [-0.39, 0.29) is 58.9 Å². The minimum Gasteiger partial charge on any atom is -1.00 e. The summed E-state index contributed by atoms with van der Waals surface area (Å²) in [5.41, 5.74) is 16.7. The molecule has 2 aliphatic carbocycles. The van der Waals surface area contributed by atoms with Crippen LogP contribution < -0.4 is 52.8 Å². The minimum atomic E-state index is -3.09. The summed E-state index contributed by atoms with van der Waals surface area (Å²) in [6, 6.07) is 90.4. The zero-order valence-electron chi connectivity index (χ0n) is 41.7. The molecule has 11 rings (SSSR count). The predicted molar refractivity (Wildman–Crippen MR) is 297 cm³/mol. The van der Waals surface area contributed by atoms with Crippen LogP contribution in [0.2, 0.25) is 5.54 Å². The SMILES string of the molecule is C1=CC2[CH-]C([Si](c3cc(Cc4ccccc4)cc(Cc4ccccc4)c3)(c3cc(Cc4ccccc4)cc(Cc4ccccc4)c3)c3cc(Cc4ccccc4)cc(Cc4ccccc4)c3)CC2C=C1.[Cl-].[Cl-].[Cl-].[Ti+4]. The Morgan fingerprint density at radius 2 is 0.554 bits per heavy atom. The summed E-state index contributed by atoms with van der Waals surface area (Å²) in [7, 11) is -3.09. The Kier molecular flexibility index (Phi) is 20.2. The Bertz CT molecular complexity index is 2700. The van der Waals surface area contributed by atoms with E-state index in [1.54, 1.807) is 0 Å². The molecule has 9 aromatic carbocycles. The van der Waals surface area contributed by atoms with Crippen LogP contribution >= 0.6 is 0 Å². The van der Waals surface area contributed by atoms with E-state index in [2.05, 4.69) is 267 Å². The third-order valence-electron chi connectivity index (χ3n) is 14.9. The first-order valence-corrected chi connectivity index (χ1v) is 27.5. The summed E-state index contributed by atoms with van der Waals surface area (Å²) in [6.07, 6.45) is 18.8. The Morgan fingerprint density at radius 3 is 0.797 bits per heavy atom. The smallest absolute Gasteiger partial charge is 1.00 e. The summed E-state index contributed by atoms with van der Waals surface area (Å²) < 4.78 is 0. The summed E-state index contributed by atoms with van der Waals surface area (Å²) in [5.74, 6) is 0.858. The van der Waals surface area contributed by atoms with E-state index >= 15 is 0 Å². The van der Waals surface area contributed by atoms with Crippen molar-refractivity contribution >= 4 is 23.6 Å². The van der Waals surface area contributed by atoms with Gasteiger partial charge in [0, 0.05) is 0 Å². The number of hydrogen-bond acceptors (Lipinski definition) is 0. The Balaban J connectivity index is 0.00000200. The fourth-order valence-electron chi connectivity index (χ4n) is 11.8. The fraction of sp³-hybridized carbons (Fsp3) is 0.145. The van der Waals surface area contributed by atoms with E-state index in [0.29, 0.717) is 17.4 Å². The molecular formula is C69H61Cl3SiTi. The van der Waals surface area contributed by atoms with Gasteiger partial charge in [0.2, 0.25) is 0 Å². The molecule has 0 nitrogen and oxygen atoms in total. The summed E-state index contributed by atoms with van der Waals surface area (Å²) in [5, 5.41) is 4.55. The molecule has 0 aromatic heterocycles. The molecule has 366 valence electrons. The normalized spacial score (nSPS) is 15.4. The number of benzene rings is 9. The zero-order chi connectivity index (χ0) is 47.0. The average molecular weight is 1070 g/mol. The molecule has 0 amide bonds. The quantitative estimate of drug-likeness (QED) is 0.0724. The van der Waals surface area contributed by atoms with Crippen molar-refractivity contribution in [3.8, 4) is 0 Å². The second-order valence-corrected chi connectivity index (χ2v) is 24.0. The van der Waals surface area contributed by atoms with Crippen LogP contribution in [-0.2, 0) is 60.2 Å². The third-order valence-corrected chi connectivity index (χ3v) is 20.0. The van der Waals surface area contributed by atoms with Gasteiger partial charge in [-0.3, -0.25) is 0 Å². The number of allylic oxidation sites excluding steroid dienone is 4. The van der Waals surface area contributed by atoms with Gasteiger partial charge in [0.05, 0.1) is 0 Å². The van der Waals surface area contributed by atoms with Crippen LogP contribution in [0.25, 0.3) is 0 Å². The van der Waals surface area contributed by atoms with Crippen LogP contribution in [0, 0.1) is 18.3 Å². The van der Waals surface area contributed by atoms with E-state index in [0.717, 1.165) is 44.9 Å². The van der Waals surface area contributed by atoms with Gasteiger partial charge < -0.3 is 43.6 Å². The molecular weight excluding hydrogens is 1010 g/mol. The molecule has 3 atom stereocenters. The van der Waals surface area contributed by atoms with E-state index in [4.69, 9.17) is 0 Å². The Morgan fingerprint density at radius 1 is 0.311 bits per heavy atom. The molecule has 1 saturated carbocycles. The molecule has 74 heavy (non-hydrogen) atoms. The molecule has 0 aliphatic heterocycles. The van der Waals surface area contributed by atoms with Gasteiger partial charge >= 0.3 is 21.7 Å². The van der Waals surface area contributed by atoms with Crippen LogP contribution in [0.3, 0.4) is 0 Å². The second-order valence-electron chi connectivity index (χ2n) is 19.9. The van der Waals surface area contributed by atoms with Gasteiger partial charge in [-0.25, -0.2) is 0 Å². The summed E-state index contributed by atoms with van der Waals surface area (Å²) in [6.45, 7) is 0. The van der Waals surface area contributed by atoms with Crippen molar-refractivity contribution in [3.05, 3.63) is 334 Å². The molecule has 9 aromatic rings. The van der Waals surface area contributed by atoms with Gasteiger partial charge in [-0.1, -0.05) is 277 Å². The van der Waals surface area contributed by atoms with E-state index in [1.165, 1.54) is 82.3 Å². The number of rotatable bonds is 16. The number of hydrogen-bond donors (Lipinski definition) is 0. The van der Waals surface area contributed by atoms with Crippen LogP contribution in [0.5, 0.6) is 0 Å². The monoisotopic (exact) mass is 1070 g/mol. The van der Waals surface area contributed by atoms with Crippen LogP contribution in [0.4, 0.5) is 0 Å². The van der Waals surface area contributed by atoms with Crippen LogP contribution in [-0.4, -0.2) is 8.07 Å². The molecule has 0 spiro atoms. The second kappa shape index (κ2) is 26.7. The number of fused-ring (bicyclic) bond motifs is 1. The Labute approximate surface area is 475 Å². The van der Waals surface area contributed by atoms with Gasteiger partial charge in [-0.15, -0.1) is 12.0 Å². The maximum Gasteiger partial charge on any atom is 4.00 e. The fourth-order valence-corrected chi connectivity index (χ4v) is 17.7. The maximum absolute atomic E-state index is 3.09. The maximum atomic E-state index is 2.82. The average Bonchev–Trinajstić information content (AvgIpc) is 3.83. The molecule has 0 N–H and O–H groups in total. The first-order valence-electron chi connectivity index (χ1n) is 25.4. The van der Waals surface area contributed by atoms with Crippen LogP contribution in [0.15, 0.2) is 261 Å². The third kappa shape index (κ3) is 13.4. The van der Waals surface area contributed by atoms with E-state index < -0.39 is 8.07 Å². The molecule has 0 bridgehead atoms. The number of halogens is 3. The Hall–Kier alpha value is -5.74. The van der Waals surface area contributed by atoms with Crippen LogP contribution in [0.1, 0.15) is 73.2 Å². The van der Waals surface area contributed by atoms with Crippen molar-refractivity contribution in [2.24, 2.45) is 11.8 Å². The van der Waals surface area contributed by atoms with Crippen molar-refractivity contribution < 1.29 is 58.9 Å². The van der Waals surface area contributed by atoms with Gasteiger partial charge in [0.25, 0.3) is 0 Å². The molecule has 5 heteroatoms. The minimum absolute atomic E-state index is 0. The molecule has 0 radical (unpaired) electrons. The summed E-state index contributed by atoms with van der Waals surface area (Å²) >= 11 is 0. The van der Waals surface area contributed by atoms with Crippen molar-refractivity contribution in [1.82, 2.24) is 0 Å². The largest absolute Gasteiger partial charge is 4.00 e.